The van der Waals surface area contributed by atoms with Crippen molar-refractivity contribution in [3.63, 3.8) is 0 Å². The molecule has 2 aliphatic rings. The van der Waals surface area contributed by atoms with Gasteiger partial charge in [0.2, 0.25) is 0 Å². The molecule has 0 radical (unpaired) electrons. The zero-order chi connectivity index (χ0) is 12.0. The maximum absolute atomic E-state index is 11.7. The molecule has 0 aliphatic carbocycles. The van der Waals surface area contributed by atoms with Crippen LogP contribution in [-0.2, 0) is 4.79 Å². The lowest BCUT2D eigenvalue weighted by atomic mass is 9.83. The molecule has 2 aliphatic heterocycles. The maximum Gasteiger partial charge on any atom is 0.137 e. The van der Waals surface area contributed by atoms with Gasteiger partial charge in [0.25, 0.3) is 0 Å². The second-order valence-corrected chi connectivity index (χ2v) is 5.38. The van der Waals surface area contributed by atoms with Crippen molar-refractivity contribution < 1.29 is 4.79 Å². The number of aromatic amines is 1. The summed E-state index contributed by atoms with van der Waals surface area (Å²) >= 11 is 0. The van der Waals surface area contributed by atoms with Crippen molar-refractivity contribution in [1.82, 2.24) is 10.2 Å². The lowest BCUT2D eigenvalue weighted by molar-refractivity contribution is -0.121. The third-order valence-electron chi connectivity index (χ3n) is 4.14. The Morgan fingerprint density at radius 3 is 2.41 bits per heavy atom. The van der Waals surface area contributed by atoms with Crippen LogP contribution in [0.2, 0.25) is 0 Å². The number of aromatic nitrogens is 2. The predicted molar refractivity (Wildman–Crippen MR) is 66.2 cm³/mol. The normalized spacial score (nSPS) is 28.6. The zero-order valence-corrected chi connectivity index (χ0v) is 10.5. The van der Waals surface area contributed by atoms with Gasteiger partial charge in [-0.3, -0.25) is 9.89 Å². The molecule has 0 spiro atoms. The third kappa shape index (κ3) is 1.66. The van der Waals surface area contributed by atoms with Gasteiger partial charge in [-0.1, -0.05) is 0 Å². The summed E-state index contributed by atoms with van der Waals surface area (Å²) in [6.07, 6.45) is 4.99. The molecule has 92 valence electrons. The quantitative estimate of drug-likeness (QED) is 0.808. The first-order valence-electron chi connectivity index (χ1n) is 6.48. The Hall–Kier alpha value is -1.32. The van der Waals surface area contributed by atoms with E-state index in [0.717, 1.165) is 37.1 Å². The number of carbonyl (C=O) groups is 1. The number of anilines is 1. The van der Waals surface area contributed by atoms with Crippen LogP contribution in [0.15, 0.2) is 0 Å². The van der Waals surface area contributed by atoms with Crippen LogP contribution >= 0.6 is 0 Å². The molecule has 2 bridgehead atoms. The van der Waals surface area contributed by atoms with Crippen LogP contribution in [0.3, 0.4) is 0 Å². The number of fused-ring (bicyclic) bond motifs is 2. The minimum absolute atomic E-state index is 0.407. The molecule has 4 nitrogen and oxygen atoms in total. The first kappa shape index (κ1) is 10.8. The van der Waals surface area contributed by atoms with E-state index in [9.17, 15) is 4.79 Å². The molecule has 2 saturated heterocycles. The van der Waals surface area contributed by atoms with Gasteiger partial charge in [-0.15, -0.1) is 0 Å². The molecule has 4 heteroatoms. The number of carbonyl (C=O) groups excluding carboxylic acids is 1. The summed E-state index contributed by atoms with van der Waals surface area (Å²) in [4.78, 5) is 14.2. The molecule has 0 amide bonds. The summed E-state index contributed by atoms with van der Waals surface area (Å²) in [5, 5.41) is 7.34. The molecule has 3 heterocycles. The lowest BCUT2D eigenvalue weighted by Crippen LogP contribution is -2.53. The van der Waals surface area contributed by atoms with Crippen molar-refractivity contribution in [2.45, 2.75) is 58.0 Å². The molecule has 2 fully saturated rings. The Labute approximate surface area is 101 Å². The van der Waals surface area contributed by atoms with Crippen LogP contribution in [0.1, 0.15) is 43.5 Å². The van der Waals surface area contributed by atoms with Gasteiger partial charge in [0.15, 0.2) is 0 Å². The molecule has 1 N–H and O–H groups in total. The number of H-pyrrole nitrogens is 1. The van der Waals surface area contributed by atoms with Crippen molar-refractivity contribution in [3.05, 3.63) is 11.4 Å². The number of ketones is 1. The van der Waals surface area contributed by atoms with E-state index < -0.39 is 0 Å². The van der Waals surface area contributed by atoms with Crippen molar-refractivity contribution in [2.24, 2.45) is 0 Å². The van der Waals surface area contributed by atoms with Crippen LogP contribution in [0.25, 0.3) is 0 Å². The first-order chi connectivity index (χ1) is 8.16. The minimum atomic E-state index is 0.407. The molecule has 3 rings (SSSR count). The van der Waals surface area contributed by atoms with Gasteiger partial charge in [-0.05, 0) is 33.1 Å². The molecule has 0 aromatic carbocycles. The van der Waals surface area contributed by atoms with Gasteiger partial charge in [0.1, 0.15) is 5.78 Å². The fourth-order valence-electron chi connectivity index (χ4n) is 3.47. The molecule has 17 heavy (non-hydrogen) atoms. The Kier molecular flexibility index (Phi) is 2.45. The summed E-state index contributed by atoms with van der Waals surface area (Å²) < 4.78 is 0. The van der Waals surface area contributed by atoms with Crippen LogP contribution in [0.4, 0.5) is 5.69 Å². The number of hydrogen-bond acceptors (Lipinski definition) is 3. The van der Waals surface area contributed by atoms with E-state index in [2.05, 4.69) is 22.0 Å². The van der Waals surface area contributed by atoms with E-state index in [0.29, 0.717) is 17.9 Å². The highest BCUT2D eigenvalue weighted by molar-refractivity contribution is 5.83. The third-order valence-corrected chi connectivity index (χ3v) is 4.14. The highest BCUT2D eigenvalue weighted by atomic mass is 16.1. The van der Waals surface area contributed by atoms with Gasteiger partial charge in [-0.25, -0.2) is 0 Å². The lowest BCUT2D eigenvalue weighted by Gasteiger charge is -2.47. The van der Waals surface area contributed by atoms with Crippen LogP contribution in [0, 0.1) is 13.8 Å². The predicted octanol–water partition coefficient (Wildman–Crippen LogP) is 2.12. The Morgan fingerprint density at radius 1 is 1.24 bits per heavy atom. The fraction of sp³-hybridized carbons (Fsp3) is 0.692. The number of Topliss-reactive ketones (excluding diaryl/α,β-unsaturated/α-hetero) is 1. The average molecular weight is 233 g/mol. The minimum Gasteiger partial charge on any atom is -0.362 e. The molecule has 1 aromatic heterocycles. The molecule has 2 unspecified atom stereocenters. The topological polar surface area (TPSA) is 49.0 Å². The average Bonchev–Trinajstić information content (AvgIpc) is 2.58. The van der Waals surface area contributed by atoms with Crippen LogP contribution in [0.5, 0.6) is 0 Å². The van der Waals surface area contributed by atoms with Gasteiger partial charge < -0.3 is 4.90 Å². The van der Waals surface area contributed by atoms with Crippen molar-refractivity contribution in [2.75, 3.05) is 4.90 Å². The first-order valence-corrected chi connectivity index (χ1v) is 6.48. The number of piperidine rings is 2. The van der Waals surface area contributed by atoms with Crippen molar-refractivity contribution in [1.29, 1.82) is 0 Å². The van der Waals surface area contributed by atoms with Gasteiger partial charge in [0, 0.05) is 24.9 Å². The van der Waals surface area contributed by atoms with Gasteiger partial charge in [0.05, 0.1) is 17.1 Å². The SMILES string of the molecule is Cc1n[nH]c(C)c1N1C2CCCC1CC(=O)C2. The van der Waals surface area contributed by atoms with E-state index in [1.807, 2.05) is 6.92 Å². The Morgan fingerprint density at radius 2 is 1.88 bits per heavy atom. The number of nitrogens with zero attached hydrogens (tertiary/aromatic N) is 2. The number of nitrogens with one attached hydrogen (secondary N) is 1. The highest BCUT2D eigenvalue weighted by Gasteiger charge is 2.39. The van der Waals surface area contributed by atoms with E-state index in [-0.39, 0.29) is 0 Å². The number of rotatable bonds is 1. The fourth-order valence-corrected chi connectivity index (χ4v) is 3.47. The number of hydrogen-bond donors (Lipinski definition) is 1. The van der Waals surface area contributed by atoms with E-state index in [4.69, 9.17) is 0 Å². The smallest absolute Gasteiger partial charge is 0.137 e. The van der Waals surface area contributed by atoms with E-state index in [1.165, 1.54) is 12.1 Å². The maximum atomic E-state index is 11.7. The molecular weight excluding hydrogens is 214 g/mol. The van der Waals surface area contributed by atoms with E-state index >= 15 is 0 Å². The molecular formula is C13H19N3O. The monoisotopic (exact) mass is 233 g/mol. The Balaban J connectivity index is 2.00. The van der Waals surface area contributed by atoms with Gasteiger partial charge >= 0.3 is 0 Å². The van der Waals surface area contributed by atoms with Crippen molar-refractivity contribution in [3.8, 4) is 0 Å². The van der Waals surface area contributed by atoms with E-state index in [1.54, 1.807) is 0 Å². The summed E-state index contributed by atoms with van der Waals surface area (Å²) in [6, 6.07) is 0.815. The molecule has 1 aromatic rings. The largest absolute Gasteiger partial charge is 0.362 e. The number of aryl methyl sites for hydroxylation is 2. The standard InChI is InChI=1S/C13H19N3O/c1-8-13(9(2)15-14-8)16-10-4-3-5-11(16)7-12(17)6-10/h10-11H,3-7H2,1-2H3,(H,14,15). The van der Waals surface area contributed by atoms with Crippen molar-refractivity contribution >= 4 is 11.5 Å². The summed E-state index contributed by atoms with van der Waals surface area (Å²) in [7, 11) is 0. The van der Waals surface area contributed by atoms with Gasteiger partial charge in [-0.2, -0.15) is 5.10 Å². The summed E-state index contributed by atoms with van der Waals surface area (Å²) in [6.45, 7) is 4.12. The molecule has 2 atom stereocenters. The second kappa shape index (κ2) is 3.86. The van der Waals surface area contributed by atoms with Crippen LogP contribution in [-0.4, -0.2) is 28.1 Å². The zero-order valence-electron chi connectivity index (χ0n) is 10.5. The summed E-state index contributed by atoms with van der Waals surface area (Å²) in [5.41, 5.74) is 3.44. The highest BCUT2D eigenvalue weighted by Crippen LogP contribution is 2.38. The second-order valence-electron chi connectivity index (χ2n) is 5.38. The molecule has 0 saturated carbocycles. The summed E-state index contributed by atoms with van der Waals surface area (Å²) in [5.74, 6) is 0.440. The Bertz CT molecular complexity index is 416. The van der Waals surface area contributed by atoms with Crippen LogP contribution < -0.4 is 4.90 Å².